The Morgan fingerprint density at radius 1 is 0.667 bits per heavy atom. The first-order valence-corrected chi connectivity index (χ1v) is 17.4. The number of fused-ring (bicyclic) bond motifs is 2. The zero-order valence-corrected chi connectivity index (χ0v) is 24.3. The molecule has 10 nitrogen and oxygen atoms in total. The minimum absolute atomic E-state index is 0.594. The summed E-state index contributed by atoms with van der Waals surface area (Å²) in [7, 11) is -13.2. The zero-order valence-electron chi connectivity index (χ0n) is 22.5. The van der Waals surface area contributed by atoms with Crippen LogP contribution in [0.5, 0.6) is 0 Å². The van der Waals surface area contributed by atoms with Gasteiger partial charge < -0.3 is 5.11 Å². The molecule has 0 aliphatic carbocycles. The molecule has 1 unspecified atom stereocenters. The Morgan fingerprint density at radius 2 is 1.14 bits per heavy atom. The minimum Gasteiger partial charge on any atom is -0.354 e. The Balaban J connectivity index is 0.000000405. The number of rotatable bonds is 5. The van der Waals surface area contributed by atoms with Crippen LogP contribution in [0.4, 0.5) is 25.2 Å². The molecule has 3 saturated heterocycles. The van der Waals surface area contributed by atoms with Crippen molar-refractivity contribution in [1.82, 2.24) is 43.8 Å². The molecule has 0 bridgehead atoms. The van der Waals surface area contributed by atoms with E-state index in [4.69, 9.17) is 5.21 Å². The predicted octanol–water partition coefficient (Wildman–Crippen LogP) is 6.67. The average molecular weight is 638 g/mol. The summed E-state index contributed by atoms with van der Waals surface area (Å²) in [6.07, 6.45) is 6.08. The van der Waals surface area contributed by atoms with E-state index >= 15 is 0 Å². The molecular formula is C24H31F6N9OP2. The molecule has 0 radical (unpaired) electrons. The van der Waals surface area contributed by atoms with Crippen LogP contribution < -0.4 is 0 Å². The van der Waals surface area contributed by atoms with Crippen molar-refractivity contribution in [3.63, 3.8) is 0 Å². The van der Waals surface area contributed by atoms with Crippen molar-refractivity contribution >= 4 is 37.7 Å². The molecule has 7 rings (SSSR count). The second-order valence-electron chi connectivity index (χ2n) is 10.8. The van der Waals surface area contributed by atoms with Crippen LogP contribution in [0.1, 0.15) is 38.5 Å². The Kier molecular flexibility index (Phi) is 6.88. The Morgan fingerprint density at radius 3 is 1.71 bits per heavy atom. The van der Waals surface area contributed by atoms with Crippen LogP contribution >= 0.6 is 15.7 Å². The fraction of sp³-hybridized carbons (Fsp3) is 0.500. The smallest absolute Gasteiger partial charge is 0.354 e. The van der Waals surface area contributed by atoms with E-state index in [-0.39, 0.29) is 0 Å². The van der Waals surface area contributed by atoms with Crippen LogP contribution in [0.15, 0.2) is 48.5 Å². The van der Waals surface area contributed by atoms with Crippen LogP contribution in [0.3, 0.4) is 0 Å². The van der Waals surface area contributed by atoms with Gasteiger partial charge in [0.1, 0.15) is 16.6 Å². The summed E-state index contributed by atoms with van der Waals surface area (Å²) < 4.78 is 70.7. The molecule has 0 saturated carbocycles. The van der Waals surface area contributed by atoms with Crippen molar-refractivity contribution in [3.8, 4) is 0 Å². The average Bonchev–Trinajstić information content (AvgIpc) is 3.75. The molecule has 4 aromatic rings. The fourth-order valence-corrected chi connectivity index (χ4v) is 11.2. The molecule has 3 fully saturated rings. The van der Waals surface area contributed by atoms with E-state index in [0.717, 1.165) is 86.9 Å². The van der Waals surface area contributed by atoms with E-state index in [1.807, 2.05) is 36.4 Å². The molecule has 1 N–H and O–H groups in total. The number of nitrogens with zero attached hydrogens (tertiary/aromatic N) is 9. The Labute approximate surface area is 237 Å². The van der Waals surface area contributed by atoms with Gasteiger partial charge in [0.05, 0.1) is 5.52 Å². The number of halogens is 6. The standard InChI is InChI=1S/C24H31N9OP.F6P/c34-24(32-22-12-3-1-10-20(22)25-27-32)14-9-19-31(24)35(29-15-5-6-16-29,30-17-7-8-18-30)33-23-13-4-2-11-21(23)26-28-33;1-7(2,3,4,5)6/h1-4,10-13,34H,5-9,14-19H2;/q+1;-1. The molecule has 2 aromatic heterocycles. The summed E-state index contributed by atoms with van der Waals surface area (Å²) in [6, 6.07) is 16.1. The summed E-state index contributed by atoms with van der Waals surface area (Å²) in [5.74, 6) is -1.30. The van der Waals surface area contributed by atoms with Crippen LogP contribution in [-0.4, -0.2) is 81.6 Å². The number of benzene rings is 2. The van der Waals surface area contributed by atoms with Gasteiger partial charge in [0.15, 0.2) is 0 Å². The van der Waals surface area contributed by atoms with Crippen molar-refractivity contribution < 1.29 is 30.3 Å². The van der Waals surface area contributed by atoms with Gasteiger partial charge in [0.2, 0.25) is 0 Å². The van der Waals surface area contributed by atoms with E-state index in [9.17, 15) is 30.3 Å². The predicted molar refractivity (Wildman–Crippen MR) is 149 cm³/mol. The summed E-state index contributed by atoms with van der Waals surface area (Å²) in [4.78, 5) is 0. The Hall–Kier alpha value is -2.48. The third-order valence-electron chi connectivity index (χ3n) is 7.82. The maximum absolute atomic E-state index is 12.6. The van der Waals surface area contributed by atoms with Crippen molar-refractivity contribution in [2.75, 3.05) is 32.7 Å². The number of hydrogen-bond donors (Lipinski definition) is 1. The van der Waals surface area contributed by atoms with Crippen LogP contribution in [0.25, 0.3) is 22.1 Å². The second-order valence-corrected chi connectivity index (χ2v) is 15.8. The monoisotopic (exact) mass is 637 g/mol. The van der Waals surface area contributed by atoms with Gasteiger partial charge >= 0.3 is 40.9 Å². The fourth-order valence-electron chi connectivity index (χ4n) is 6.29. The molecule has 0 amide bonds. The maximum atomic E-state index is 12.6. The molecule has 0 spiro atoms. The quantitative estimate of drug-likeness (QED) is 0.192. The van der Waals surface area contributed by atoms with Gasteiger partial charge in [0, 0.05) is 39.1 Å². The summed E-state index contributed by atoms with van der Waals surface area (Å²) >= 11 is 0. The minimum atomic E-state index is -10.7. The van der Waals surface area contributed by atoms with Crippen molar-refractivity contribution in [2.45, 2.75) is 44.4 Å². The molecule has 3 aliphatic heterocycles. The molecule has 2 aromatic carbocycles. The van der Waals surface area contributed by atoms with Gasteiger partial charge in [-0.15, -0.1) is 19.5 Å². The largest absolute Gasteiger partial charge is 0.359 e. The molecule has 1 atom stereocenters. The van der Waals surface area contributed by atoms with Crippen molar-refractivity contribution in [2.24, 2.45) is 0 Å². The summed E-state index contributed by atoms with van der Waals surface area (Å²) in [5, 5.41) is 31.0. The van der Waals surface area contributed by atoms with E-state index in [1.165, 1.54) is 0 Å². The van der Waals surface area contributed by atoms with Crippen molar-refractivity contribution in [1.29, 1.82) is 0 Å². The van der Waals surface area contributed by atoms with Gasteiger partial charge in [-0.2, -0.15) is 4.68 Å². The first-order valence-electron chi connectivity index (χ1n) is 13.8. The summed E-state index contributed by atoms with van der Waals surface area (Å²) in [6.45, 7) is 4.72. The van der Waals surface area contributed by atoms with E-state index < -0.39 is 21.5 Å². The molecule has 18 heteroatoms. The second kappa shape index (κ2) is 9.76. The van der Waals surface area contributed by atoms with E-state index in [0.29, 0.717) is 6.42 Å². The van der Waals surface area contributed by atoms with Gasteiger partial charge in [0.25, 0.3) is 5.85 Å². The van der Waals surface area contributed by atoms with Crippen LogP contribution in [-0.2, 0) is 5.85 Å². The number of aromatic nitrogens is 6. The van der Waals surface area contributed by atoms with Crippen LogP contribution in [0.2, 0.25) is 0 Å². The molecular weight excluding hydrogens is 606 g/mol. The van der Waals surface area contributed by atoms with Crippen molar-refractivity contribution in [3.05, 3.63) is 48.5 Å². The zero-order chi connectivity index (χ0) is 29.9. The van der Waals surface area contributed by atoms with Gasteiger partial charge in [-0.05, 0) is 61.6 Å². The molecule has 3 aliphatic rings. The van der Waals surface area contributed by atoms with Crippen LogP contribution in [0, 0.1) is 0 Å². The Bertz CT molecular complexity index is 1560. The topological polar surface area (TPSA) is 91.4 Å². The normalized spacial score (nSPS) is 24.6. The third-order valence-corrected chi connectivity index (χ3v) is 12.1. The van der Waals surface area contributed by atoms with E-state index in [2.05, 4.69) is 46.0 Å². The number of aliphatic hydroxyl groups is 1. The van der Waals surface area contributed by atoms with Gasteiger partial charge in [-0.3, -0.25) is 0 Å². The van der Waals surface area contributed by atoms with Gasteiger partial charge in [-0.25, -0.2) is 0 Å². The maximum Gasteiger partial charge on any atom is 0.359 e. The first kappa shape index (κ1) is 29.6. The third kappa shape index (κ3) is 5.60. The summed E-state index contributed by atoms with van der Waals surface area (Å²) in [5.41, 5.74) is 3.57. The SMILES string of the molecule is F[P-](F)(F)(F)(F)F.OC1(n2nnc3ccccc32)CCCN1[P+](N1CCCC1)(N1CCCC1)n1nnc2ccccc21. The molecule has 5 heterocycles. The number of hydrogen-bond acceptors (Lipinski definition) is 8. The van der Waals surface area contributed by atoms with E-state index in [1.54, 1.807) is 4.68 Å². The first-order chi connectivity index (χ1) is 19.7. The molecule has 230 valence electrons. The van der Waals surface area contributed by atoms with Gasteiger partial charge in [-0.1, -0.05) is 38.6 Å². The number of para-hydroxylation sites is 2. The molecule has 42 heavy (non-hydrogen) atoms.